The Morgan fingerprint density at radius 3 is 2.45 bits per heavy atom. The highest BCUT2D eigenvalue weighted by Gasteiger charge is 2.37. The topological polar surface area (TPSA) is 152 Å². The molecule has 0 bridgehead atoms. The molecule has 3 amide bonds. The van der Waals surface area contributed by atoms with Gasteiger partial charge in [-0.15, -0.1) is 0 Å². The van der Waals surface area contributed by atoms with Crippen LogP contribution >= 0.6 is 0 Å². The number of urea groups is 1. The second-order valence-corrected chi connectivity index (χ2v) is 15.5. The standard InChI is InChI=1S/C39H64N4O8/c1-28(26-40-37(47)43-20-10-15-32(43)27-44)11-9-12-29(2)36-30(3)16-17-34(39(4,49)19-18-33(45)25-35(46)51-36)50-38(48)42-23-21-41(22-24-42)31-13-7-5-6-8-14-31/h9,11-12,16-17,28,30-34,36,44-45,49H,5-8,10,13-15,18-27H2,1-4H3,(H,40,47)/b11-9+,17-16+,29-12+/t28-,30+,32-,33+,34-,36-,39+/m1/s1. The van der Waals surface area contributed by atoms with E-state index in [9.17, 15) is 29.7 Å². The largest absolute Gasteiger partial charge is 0.457 e. The molecule has 4 N–H and O–H groups in total. The van der Waals surface area contributed by atoms with E-state index in [0.29, 0.717) is 32.2 Å². The van der Waals surface area contributed by atoms with Crippen molar-refractivity contribution >= 4 is 18.1 Å². The molecule has 4 aliphatic rings. The van der Waals surface area contributed by atoms with Crippen molar-refractivity contribution in [2.24, 2.45) is 11.8 Å². The first-order chi connectivity index (χ1) is 24.4. The normalized spacial score (nSPS) is 32.4. The van der Waals surface area contributed by atoms with Crippen LogP contribution in [-0.2, 0) is 14.3 Å². The Hall–Kier alpha value is -2.93. The third-order valence-electron chi connectivity index (χ3n) is 11.1. The van der Waals surface area contributed by atoms with Crippen LogP contribution in [0.3, 0.4) is 0 Å². The highest BCUT2D eigenvalue weighted by molar-refractivity contribution is 5.75. The molecule has 3 heterocycles. The second-order valence-electron chi connectivity index (χ2n) is 15.5. The summed E-state index contributed by atoms with van der Waals surface area (Å²) in [4.78, 5) is 44.8. The van der Waals surface area contributed by atoms with Gasteiger partial charge < -0.3 is 39.9 Å². The summed E-state index contributed by atoms with van der Waals surface area (Å²) >= 11 is 0. The van der Waals surface area contributed by atoms with Crippen molar-refractivity contribution in [3.05, 3.63) is 36.0 Å². The van der Waals surface area contributed by atoms with Gasteiger partial charge in [-0.2, -0.15) is 0 Å². The number of aliphatic hydroxyl groups is 3. The molecule has 1 saturated carbocycles. The van der Waals surface area contributed by atoms with Gasteiger partial charge in [-0.3, -0.25) is 9.69 Å². The summed E-state index contributed by atoms with van der Waals surface area (Å²) in [7, 11) is 0. The zero-order chi connectivity index (χ0) is 37.0. The first kappa shape index (κ1) is 40.8. The van der Waals surface area contributed by atoms with Gasteiger partial charge in [0, 0.05) is 51.2 Å². The Morgan fingerprint density at radius 2 is 1.76 bits per heavy atom. The van der Waals surface area contributed by atoms with Crippen molar-refractivity contribution in [1.82, 2.24) is 20.0 Å². The number of likely N-dealkylation sites (tertiary alicyclic amines) is 1. The fourth-order valence-electron chi connectivity index (χ4n) is 7.73. The van der Waals surface area contributed by atoms with Gasteiger partial charge in [0.2, 0.25) is 0 Å². The molecule has 0 unspecified atom stereocenters. The van der Waals surface area contributed by atoms with E-state index >= 15 is 0 Å². The maximum Gasteiger partial charge on any atom is 0.410 e. The number of nitrogens with one attached hydrogen (secondary N) is 1. The monoisotopic (exact) mass is 716 g/mol. The maximum atomic E-state index is 13.4. The van der Waals surface area contributed by atoms with E-state index in [2.05, 4.69) is 10.2 Å². The number of piperazine rings is 1. The van der Waals surface area contributed by atoms with E-state index in [1.807, 2.05) is 45.1 Å². The average molecular weight is 717 g/mol. The maximum absolute atomic E-state index is 13.4. The van der Waals surface area contributed by atoms with Crippen LogP contribution in [-0.4, -0.2) is 130 Å². The van der Waals surface area contributed by atoms with E-state index in [1.54, 1.807) is 22.8 Å². The molecule has 0 spiro atoms. The summed E-state index contributed by atoms with van der Waals surface area (Å²) in [6.45, 7) is 11.2. The van der Waals surface area contributed by atoms with Gasteiger partial charge in [-0.05, 0) is 69.9 Å². The number of carbonyl (C=O) groups is 3. The lowest BCUT2D eigenvalue weighted by molar-refractivity contribution is -0.151. The Morgan fingerprint density at radius 1 is 1.06 bits per heavy atom. The van der Waals surface area contributed by atoms with E-state index < -0.39 is 36.0 Å². The number of rotatable bonds is 8. The molecule has 4 rings (SSSR count). The van der Waals surface area contributed by atoms with Crippen molar-refractivity contribution in [2.45, 2.75) is 134 Å². The summed E-state index contributed by atoms with van der Waals surface area (Å²) in [5, 5.41) is 34.7. The quantitative estimate of drug-likeness (QED) is 0.123. The number of nitrogens with zero attached hydrogens (tertiary/aromatic N) is 3. The summed E-state index contributed by atoms with van der Waals surface area (Å²) < 4.78 is 11.9. The minimum Gasteiger partial charge on any atom is -0.457 e. The van der Waals surface area contributed by atoms with Crippen molar-refractivity contribution in [1.29, 1.82) is 0 Å². The third-order valence-corrected chi connectivity index (χ3v) is 11.1. The zero-order valence-electron chi connectivity index (χ0n) is 31.4. The number of aliphatic hydroxyl groups excluding tert-OH is 2. The number of carbonyl (C=O) groups excluding carboxylic acids is 3. The molecule has 1 aliphatic carbocycles. The molecule has 0 radical (unpaired) electrons. The average Bonchev–Trinajstić information content (AvgIpc) is 3.43. The molecule has 288 valence electrons. The van der Waals surface area contributed by atoms with E-state index in [1.165, 1.54) is 38.5 Å². The lowest BCUT2D eigenvalue weighted by Crippen LogP contribution is -2.53. The highest BCUT2D eigenvalue weighted by atomic mass is 16.6. The fourth-order valence-corrected chi connectivity index (χ4v) is 7.73. The van der Waals surface area contributed by atoms with E-state index in [-0.39, 0.29) is 49.8 Å². The van der Waals surface area contributed by atoms with Gasteiger partial charge in [0.25, 0.3) is 0 Å². The Labute approximate surface area is 304 Å². The number of hydrogen-bond acceptors (Lipinski definition) is 9. The number of allylic oxidation sites excluding steroid dienone is 2. The van der Waals surface area contributed by atoms with Crippen molar-refractivity contribution in [3.8, 4) is 0 Å². The molecule has 2 saturated heterocycles. The molecule has 0 aromatic heterocycles. The van der Waals surface area contributed by atoms with E-state index in [4.69, 9.17) is 9.47 Å². The summed E-state index contributed by atoms with van der Waals surface area (Å²) in [5.41, 5.74) is -0.699. The molecule has 3 fully saturated rings. The van der Waals surface area contributed by atoms with Crippen LogP contribution in [0.4, 0.5) is 9.59 Å². The zero-order valence-corrected chi connectivity index (χ0v) is 31.4. The van der Waals surface area contributed by atoms with E-state index in [0.717, 1.165) is 31.5 Å². The van der Waals surface area contributed by atoms with Crippen LogP contribution < -0.4 is 5.32 Å². The van der Waals surface area contributed by atoms with Gasteiger partial charge >= 0.3 is 18.1 Å². The molecular weight excluding hydrogens is 652 g/mol. The summed E-state index contributed by atoms with van der Waals surface area (Å²) in [6.07, 6.45) is 15.4. The van der Waals surface area contributed by atoms with Crippen LogP contribution in [0.5, 0.6) is 0 Å². The van der Waals surface area contributed by atoms with Gasteiger partial charge in [0.05, 0.1) is 25.2 Å². The predicted molar refractivity (Wildman–Crippen MR) is 196 cm³/mol. The molecule has 3 aliphatic heterocycles. The van der Waals surface area contributed by atoms with Crippen LogP contribution in [0.1, 0.15) is 98.3 Å². The summed E-state index contributed by atoms with van der Waals surface area (Å²) in [6, 6.07) is 0.287. The number of hydrogen-bond donors (Lipinski definition) is 4. The van der Waals surface area contributed by atoms with Crippen LogP contribution in [0, 0.1) is 11.8 Å². The van der Waals surface area contributed by atoms with Crippen LogP contribution in [0.15, 0.2) is 36.0 Å². The van der Waals surface area contributed by atoms with Gasteiger partial charge in [-0.1, -0.05) is 63.8 Å². The number of esters is 1. The SMILES string of the molecule is C/C(=C\C=C\[C@@H](C)CNC(=O)N1CCC[C@@H]1CO)[C@H]1OC(=O)C[C@@H](O)CC[C@](C)(O)[C@H](OC(=O)N2CCN(C3CCCCCC3)CC2)/C=C/[C@@H]1C. The van der Waals surface area contributed by atoms with Gasteiger partial charge in [0.15, 0.2) is 6.10 Å². The molecule has 12 nitrogen and oxygen atoms in total. The number of cyclic esters (lactones) is 1. The van der Waals surface area contributed by atoms with Crippen LogP contribution in [0.25, 0.3) is 0 Å². The van der Waals surface area contributed by atoms with Crippen LogP contribution in [0.2, 0.25) is 0 Å². The molecular formula is C39H64N4O8. The van der Waals surface area contributed by atoms with Crippen molar-refractivity contribution in [2.75, 3.05) is 45.9 Å². The van der Waals surface area contributed by atoms with Crippen molar-refractivity contribution in [3.63, 3.8) is 0 Å². The molecule has 7 atom stereocenters. The first-order valence-corrected chi connectivity index (χ1v) is 19.4. The minimum absolute atomic E-state index is 0.0250. The minimum atomic E-state index is -1.47. The smallest absolute Gasteiger partial charge is 0.410 e. The predicted octanol–water partition coefficient (Wildman–Crippen LogP) is 4.54. The van der Waals surface area contributed by atoms with Gasteiger partial charge in [0.1, 0.15) is 11.7 Å². The Bertz CT molecular complexity index is 1220. The third kappa shape index (κ3) is 12.3. The summed E-state index contributed by atoms with van der Waals surface area (Å²) in [5.74, 6) is -0.848. The first-order valence-electron chi connectivity index (χ1n) is 19.4. The number of ether oxygens (including phenoxy) is 2. The molecule has 0 aromatic rings. The molecule has 12 heteroatoms. The van der Waals surface area contributed by atoms with Crippen molar-refractivity contribution < 1.29 is 39.2 Å². The molecule has 0 aromatic carbocycles. The molecule has 51 heavy (non-hydrogen) atoms. The lowest BCUT2D eigenvalue weighted by Gasteiger charge is -2.40. The van der Waals surface area contributed by atoms with Gasteiger partial charge in [-0.25, -0.2) is 9.59 Å². The second kappa shape index (κ2) is 19.8. The Kier molecular flexibility index (Phi) is 15.8. The Balaban J connectivity index is 1.39. The lowest BCUT2D eigenvalue weighted by atomic mass is 9.89. The highest BCUT2D eigenvalue weighted by Crippen LogP contribution is 2.28. The fraction of sp³-hybridized carbons (Fsp3) is 0.769. The number of amides is 3.